The van der Waals surface area contributed by atoms with Crippen molar-refractivity contribution < 1.29 is 9.63 Å². The highest BCUT2D eigenvalue weighted by molar-refractivity contribution is 5.57. The fraction of sp³-hybridized carbons (Fsp3) is 0.417. The number of nitrogens with zero attached hydrogens (tertiary/aromatic N) is 3. The number of rotatable bonds is 4. The maximum atomic E-state index is 9.85. The van der Waals surface area contributed by atoms with Crippen LogP contribution in [0, 0.1) is 6.92 Å². The molecule has 0 amide bonds. The SMILES string of the molecule is Cc1ccncc1-c1noc(CC(C)(O)CN)n1. The fourth-order valence-electron chi connectivity index (χ4n) is 1.53. The molecular weight excluding hydrogens is 232 g/mol. The number of pyridine rings is 1. The molecule has 1 atom stereocenters. The van der Waals surface area contributed by atoms with Gasteiger partial charge in [-0.05, 0) is 25.5 Å². The monoisotopic (exact) mass is 248 g/mol. The lowest BCUT2D eigenvalue weighted by Crippen LogP contribution is -2.36. The Bertz CT molecular complexity index is 536. The smallest absolute Gasteiger partial charge is 0.229 e. The Labute approximate surface area is 105 Å². The summed E-state index contributed by atoms with van der Waals surface area (Å²) in [5.41, 5.74) is 6.25. The number of aliphatic hydroxyl groups is 1. The molecule has 0 aliphatic rings. The van der Waals surface area contributed by atoms with Gasteiger partial charge in [-0.3, -0.25) is 4.98 Å². The normalized spacial score (nSPS) is 14.4. The van der Waals surface area contributed by atoms with Crippen LogP contribution in [-0.4, -0.2) is 32.4 Å². The Morgan fingerprint density at radius 2 is 2.28 bits per heavy atom. The Morgan fingerprint density at radius 3 is 2.94 bits per heavy atom. The Kier molecular flexibility index (Phi) is 3.40. The summed E-state index contributed by atoms with van der Waals surface area (Å²) in [6.45, 7) is 3.71. The van der Waals surface area contributed by atoms with E-state index in [1.54, 1.807) is 19.3 Å². The van der Waals surface area contributed by atoms with E-state index in [1.165, 1.54) is 0 Å². The first-order valence-corrected chi connectivity index (χ1v) is 5.68. The summed E-state index contributed by atoms with van der Waals surface area (Å²) < 4.78 is 5.11. The van der Waals surface area contributed by atoms with Crippen molar-refractivity contribution in [2.75, 3.05) is 6.54 Å². The van der Waals surface area contributed by atoms with Crippen LogP contribution in [0.1, 0.15) is 18.4 Å². The van der Waals surface area contributed by atoms with Crippen LogP contribution in [-0.2, 0) is 6.42 Å². The number of nitrogens with two attached hydrogens (primary N) is 1. The lowest BCUT2D eigenvalue weighted by molar-refractivity contribution is 0.0610. The van der Waals surface area contributed by atoms with Crippen LogP contribution in [0.4, 0.5) is 0 Å². The summed E-state index contributed by atoms with van der Waals surface area (Å²) in [6, 6.07) is 1.88. The van der Waals surface area contributed by atoms with Crippen molar-refractivity contribution in [3.8, 4) is 11.4 Å². The topological polar surface area (TPSA) is 98.1 Å². The second-order valence-corrected chi connectivity index (χ2v) is 4.58. The molecule has 18 heavy (non-hydrogen) atoms. The largest absolute Gasteiger partial charge is 0.388 e. The van der Waals surface area contributed by atoms with Crippen molar-refractivity contribution in [2.45, 2.75) is 25.9 Å². The van der Waals surface area contributed by atoms with Gasteiger partial charge in [0.2, 0.25) is 11.7 Å². The van der Waals surface area contributed by atoms with Crippen LogP contribution in [0.5, 0.6) is 0 Å². The second kappa shape index (κ2) is 4.83. The van der Waals surface area contributed by atoms with Crippen LogP contribution in [0.25, 0.3) is 11.4 Å². The van der Waals surface area contributed by atoms with Gasteiger partial charge in [-0.1, -0.05) is 5.16 Å². The van der Waals surface area contributed by atoms with Gasteiger partial charge in [-0.15, -0.1) is 0 Å². The summed E-state index contributed by atoms with van der Waals surface area (Å²) in [6.07, 6.45) is 3.62. The second-order valence-electron chi connectivity index (χ2n) is 4.58. The van der Waals surface area contributed by atoms with Gasteiger partial charge in [0.05, 0.1) is 12.0 Å². The number of hydrogen-bond acceptors (Lipinski definition) is 6. The average molecular weight is 248 g/mol. The van der Waals surface area contributed by atoms with E-state index in [0.29, 0.717) is 11.7 Å². The third-order valence-electron chi connectivity index (χ3n) is 2.72. The third kappa shape index (κ3) is 2.72. The van der Waals surface area contributed by atoms with E-state index < -0.39 is 5.60 Å². The maximum Gasteiger partial charge on any atom is 0.229 e. The van der Waals surface area contributed by atoms with E-state index in [1.807, 2.05) is 13.0 Å². The van der Waals surface area contributed by atoms with Crippen molar-refractivity contribution in [2.24, 2.45) is 5.73 Å². The van der Waals surface area contributed by atoms with Crippen molar-refractivity contribution in [3.63, 3.8) is 0 Å². The van der Waals surface area contributed by atoms with Crippen molar-refractivity contribution in [3.05, 3.63) is 29.9 Å². The first-order chi connectivity index (χ1) is 8.52. The lowest BCUT2D eigenvalue weighted by atomic mass is 10.0. The molecule has 0 saturated heterocycles. The molecule has 0 radical (unpaired) electrons. The predicted molar refractivity (Wildman–Crippen MR) is 65.6 cm³/mol. The van der Waals surface area contributed by atoms with Gasteiger partial charge < -0.3 is 15.4 Å². The molecule has 0 saturated carbocycles. The van der Waals surface area contributed by atoms with Gasteiger partial charge in [-0.2, -0.15) is 4.98 Å². The summed E-state index contributed by atoms with van der Waals surface area (Å²) in [5.74, 6) is 0.840. The lowest BCUT2D eigenvalue weighted by Gasteiger charge is -2.17. The van der Waals surface area contributed by atoms with Crippen LogP contribution in [0.3, 0.4) is 0 Å². The predicted octanol–water partition coefficient (Wildman–Crippen LogP) is 0.692. The Morgan fingerprint density at radius 1 is 1.50 bits per heavy atom. The molecule has 0 aromatic carbocycles. The summed E-state index contributed by atoms with van der Waals surface area (Å²) >= 11 is 0. The van der Waals surface area contributed by atoms with E-state index in [4.69, 9.17) is 10.3 Å². The zero-order valence-corrected chi connectivity index (χ0v) is 10.4. The molecule has 3 N–H and O–H groups in total. The molecule has 0 spiro atoms. The minimum absolute atomic E-state index is 0.136. The molecule has 6 nitrogen and oxygen atoms in total. The molecule has 0 fully saturated rings. The first-order valence-electron chi connectivity index (χ1n) is 5.68. The van der Waals surface area contributed by atoms with Crippen molar-refractivity contribution >= 4 is 0 Å². The highest BCUT2D eigenvalue weighted by atomic mass is 16.5. The van der Waals surface area contributed by atoms with Gasteiger partial charge in [0.1, 0.15) is 0 Å². The molecule has 96 valence electrons. The summed E-state index contributed by atoms with van der Waals surface area (Å²) in [5, 5.41) is 13.7. The molecule has 0 aliphatic carbocycles. The van der Waals surface area contributed by atoms with Gasteiger partial charge in [0.15, 0.2) is 0 Å². The molecule has 1 unspecified atom stereocenters. The van der Waals surface area contributed by atoms with Gasteiger partial charge >= 0.3 is 0 Å². The Balaban J connectivity index is 2.24. The number of aromatic nitrogens is 3. The molecule has 2 rings (SSSR count). The minimum atomic E-state index is -1.03. The molecule has 0 aliphatic heterocycles. The molecule has 2 heterocycles. The quantitative estimate of drug-likeness (QED) is 0.826. The summed E-state index contributed by atoms with van der Waals surface area (Å²) in [7, 11) is 0. The van der Waals surface area contributed by atoms with Crippen LogP contribution < -0.4 is 5.73 Å². The molecule has 6 heteroatoms. The van der Waals surface area contributed by atoms with E-state index in [-0.39, 0.29) is 13.0 Å². The third-order valence-corrected chi connectivity index (χ3v) is 2.72. The standard InChI is InChI=1S/C12H16N4O2/c1-8-3-4-14-6-9(8)11-15-10(18-16-11)5-12(2,17)7-13/h3-4,6,17H,5,7,13H2,1-2H3. The molecular formula is C12H16N4O2. The zero-order chi connectivity index (χ0) is 13.2. The van der Waals surface area contributed by atoms with E-state index >= 15 is 0 Å². The number of aryl methyl sites for hydroxylation is 1. The van der Waals surface area contributed by atoms with Gasteiger partial charge in [-0.25, -0.2) is 0 Å². The van der Waals surface area contributed by atoms with Gasteiger partial charge in [0.25, 0.3) is 0 Å². The van der Waals surface area contributed by atoms with E-state index in [0.717, 1.165) is 11.1 Å². The number of hydrogen-bond donors (Lipinski definition) is 2. The van der Waals surface area contributed by atoms with Gasteiger partial charge in [0, 0.05) is 24.5 Å². The van der Waals surface area contributed by atoms with E-state index in [9.17, 15) is 5.11 Å². The molecule has 2 aromatic rings. The average Bonchev–Trinajstić information content (AvgIpc) is 2.77. The minimum Gasteiger partial charge on any atom is -0.388 e. The molecule has 0 bridgehead atoms. The van der Waals surface area contributed by atoms with Crippen LogP contribution >= 0.6 is 0 Å². The Hall–Kier alpha value is -1.79. The van der Waals surface area contributed by atoms with Crippen molar-refractivity contribution in [1.82, 2.24) is 15.1 Å². The summed E-state index contributed by atoms with van der Waals surface area (Å²) in [4.78, 5) is 8.27. The highest BCUT2D eigenvalue weighted by Crippen LogP contribution is 2.20. The zero-order valence-electron chi connectivity index (χ0n) is 10.4. The first kappa shape index (κ1) is 12.7. The van der Waals surface area contributed by atoms with Crippen LogP contribution in [0.2, 0.25) is 0 Å². The maximum absolute atomic E-state index is 9.85. The van der Waals surface area contributed by atoms with E-state index in [2.05, 4.69) is 15.1 Å². The fourth-order valence-corrected chi connectivity index (χ4v) is 1.53. The highest BCUT2D eigenvalue weighted by Gasteiger charge is 2.23. The molecule has 2 aromatic heterocycles. The van der Waals surface area contributed by atoms with Crippen LogP contribution in [0.15, 0.2) is 23.0 Å². The van der Waals surface area contributed by atoms with Crippen molar-refractivity contribution in [1.29, 1.82) is 0 Å².